The van der Waals surface area contributed by atoms with E-state index in [9.17, 15) is 4.79 Å². The summed E-state index contributed by atoms with van der Waals surface area (Å²) in [4.78, 5) is 16.7. The summed E-state index contributed by atoms with van der Waals surface area (Å²) in [7, 11) is 0. The normalized spacial score (nSPS) is 10.2. The van der Waals surface area contributed by atoms with Crippen molar-refractivity contribution in [2.45, 2.75) is 6.92 Å². The zero-order valence-electron chi connectivity index (χ0n) is 5.68. The summed E-state index contributed by atoms with van der Waals surface area (Å²) in [6, 6.07) is 0. The summed E-state index contributed by atoms with van der Waals surface area (Å²) in [6.45, 7) is 1.46. The van der Waals surface area contributed by atoms with Crippen LogP contribution in [0, 0.1) is 3.83 Å². The summed E-state index contributed by atoms with van der Waals surface area (Å²) in [5.41, 5.74) is 0. The Hall–Kier alpha value is -0.460. The van der Waals surface area contributed by atoms with Gasteiger partial charge in [-0.3, -0.25) is 0 Å². The molecule has 1 rings (SSSR count). The zero-order chi connectivity index (χ0) is 7.56. The number of nitrogens with zero attached hydrogens (tertiary/aromatic N) is 2. The standard InChI is InChI=1S/C5H7IN3O/c1-3(10)4-7-5(6-2)9-8-4/h1-2H3,(H,7,8,9)/q-1. The fraction of sp³-hybridized carbons (Fsp3) is 0.400. The van der Waals surface area contributed by atoms with Crippen LogP contribution < -0.4 is 21.2 Å². The van der Waals surface area contributed by atoms with Gasteiger partial charge in [-0.1, -0.05) is 0 Å². The van der Waals surface area contributed by atoms with Gasteiger partial charge in [0.15, 0.2) is 0 Å². The number of H-pyrrole nitrogens is 1. The maximum atomic E-state index is 10.6. The molecule has 5 heteroatoms. The molecular formula is C5H7IN3O-. The van der Waals surface area contributed by atoms with Crippen molar-refractivity contribution in [2.24, 2.45) is 0 Å². The molecule has 56 valence electrons. The van der Waals surface area contributed by atoms with E-state index in [1.165, 1.54) is 6.92 Å². The van der Waals surface area contributed by atoms with Gasteiger partial charge in [0.1, 0.15) is 0 Å². The maximum absolute atomic E-state index is 10.6. The van der Waals surface area contributed by atoms with Crippen molar-refractivity contribution in [3.8, 4) is 0 Å². The fourth-order valence-corrected chi connectivity index (χ4v) is 1.32. The van der Waals surface area contributed by atoms with E-state index in [1.807, 2.05) is 0 Å². The molecule has 0 radical (unpaired) electrons. The average Bonchev–Trinajstić information content (AvgIpc) is 2.34. The van der Waals surface area contributed by atoms with Crippen LogP contribution in [0.1, 0.15) is 17.5 Å². The first-order valence-electron chi connectivity index (χ1n) is 2.67. The van der Waals surface area contributed by atoms with Crippen LogP contribution in [0.25, 0.3) is 0 Å². The van der Waals surface area contributed by atoms with E-state index in [1.54, 1.807) is 0 Å². The van der Waals surface area contributed by atoms with E-state index in [0.29, 0.717) is 5.82 Å². The van der Waals surface area contributed by atoms with Gasteiger partial charge in [0.25, 0.3) is 0 Å². The molecule has 1 heterocycles. The second kappa shape index (κ2) is 3.09. The van der Waals surface area contributed by atoms with Gasteiger partial charge in [0, 0.05) is 0 Å². The first-order valence-corrected chi connectivity index (χ1v) is 5.90. The van der Waals surface area contributed by atoms with E-state index >= 15 is 0 Å². The summed E-state index contributed by atoms with van der Waals surface area (Å²) in [5.74, 6) is 0.219. The number of hydrogen-bond acceptors (Lipinski definition) is 3. The second-order valence-electron chi connectivity index (χ2n) is 1.69. The van der Waals surface area contributed by atoms with Crippen LogP contribution in [0.4, 0.5) is 0 Å². The van der Waals surface area contributed by atoms with Gasteiger partial charge >= 0.3 is 68.5 Å². The summed E-state index contributed by atoms with van der Waals surface area (Å²) < 4.78 is 0.865. The van der Waals surface area contributed by atoms with Gasteiger partial charge in [-0.15, -0.1) is 0 Å². The first kappa shape index (κ1) is 7.64. The van der Waals surface area contributed by atoms with Crippen molar-refractivity contribution in [1.82, 2.24) is 15.2 Å². The van der Waals surface area contributed by atoms with Crippen molar-refractivity contribution in [3.05, 3.63) is 9.66 Å². The number of hydrogen-bond donors (Lipinski definition) is 1. The molecule has 0 aliphatic carbocycles. The van der Waals surface area contributed by atoms with Crippen LogP contribution in [0.2, 0.25) is 0 Å². The molecule has 1 N–H and O–H groups in total. The first-order chi connectivity index (χ1) is 4.74. The number of ketones is 1. The number of carbonyl (C=O) groups excluding carboxylic acids is 1. The van der Waals surface area contributed by atoms with E-state index in [2.05, 4.69) is 20.1 Å². The van der Waals surface area contributed by atoms with Gasteiger partial charge in [-0.2, -0.15) is 0 Å². The minimum absolute atomic E-state index is 0.0768. The molecule has 0 aliphatic heterocycles. The van der Waals surface area contributed by atoms with Gasteiger partial charge in [0.2, 0.25) is 0 Å². The van der Waals surface area contributed by atoms with E-state index in [0.717, 1.165) is 3.83 Å². The van der Waals surface area contributed by atoms with Crippen LogP contribution in [0.5, 0.6) is 0 Å². The predicted octanol–water partition coefficient (Wildman–Crippen LogP) is -3.10. The molecule has 0 aromatic carbocycles. The van der Waals surface area contributed by atoms with Crippen LogP contribution >= 0.6 is 0 Å². The Morgan fingerprint density at radius 1 is 1.70 bits per heavy atom. The summed E-state index contributed by atoms with van der Waals surface area (Å²) in [6.07, 6.45) is 0. The quantitative estimate of drug-likeness (QED) is 0.344. The predicted molar refractivity (Wildman–Crippen MR) is 31.0 cm³/mol. The monoisotopic (exact) mass is 252 g/mol. The molecule has 0 aliphatic rings. The van der Waals surface area contributed by atoms with Gasteiger partial charge < -0.3 is 0 Å². The third kappa shape index (κ3) is 1.53. The molecule has 0 spiro atoms. The average molecular weight is 252 g/mol. The van der Waals surface area contributed by atoms with Crippen LogP contribution in [-0.2, 0) is 0 Å². The number of nitrogens with one attached hydrogen (secondary N) is 1. The number of aromatic amines is 1. The van der Waals surface area contributed by atoms with E-state index in [4.69, 9.17) is 0 Å². The molecular weight excluding hydrogens is 245 g/mol. The van der Waals surface area contributed by atoms with Crippen molar-refractivity contribution < 1.29 is 26.0 Å². The van der Waals surface area contributed by atoms with Gasteiger partial charge in [-0.25, -0.2) is 0 Å². The molecule has 4 nitrogen and oxygen atoms in total. The van der Waals surface area contributed by atoms with Crippen molar-refractivity contribution in [3.63, 3.8) is 0 Å². The van der Waals surface area contributed by atoms with Crippen LogP contribution in [-0.4, -0.2) is 25.9 Å². The van der Waals surface area contributed by atoms with Gasteiger partial charge in [0.05, 0.1) is 0 Å². The molecule has 1 aromatic heterocycles. The van der Waals surface area contributed by atoms with Crippen LogP contribution in [0.15, 0.2) is 0 Å². The van der Waals surface area contributed by atoms with Crippen molar-refractivity contribution >= 4 is 5.78 Å². The fourth-order valence-electron chi connectivity index (χ4n) is 0.484. The molecule has 0 bridgehead atoms. The zero-order valence-corrected chi connectivity index (χ0v) is 7.84. The molecule has 10 heavy (non-hydrogen) atoms. The Labute approximate surface area is 68.7 Å². The molecule has 0 fully saturated rings. The number of alkyl halides is 1. The van der Waals surface area contributed by atoms with Crippen LogP contribution in [0.3, 0.4) is 0 Å². The number of Topliss-reactive ketones (excluding diaryl/α,β-unsaturated/α-hetero) is 1. The molecule has 1 aromatic rings. The number of carbonyl (C=O) groups is 1. The Morgan fingerprint density at radius 2 is 2.40 bits per heavy atom. The Morgan fingerprint density at radius 3 is 2.70 bits per heavy atom. The number of rotatable bonds is 2. The van der Waals surface area contributed by atoms with Crippen molar-refractivity contribution in [1.29, 1.82) is 0 Å². The second-order valence-corrected chi connectivity index (χ2v) is 3.80. The van der Waals surface area contributed by atoms with E-state index in [-0.39, 0.29) is 27.0 Å². The Kier molecular flexibility index (Phi) is 2.36. The number of aromatic nitrogens is 3. The molecule has 0 atom stereocenters. The summed E-state index contributed by atoms with van der Waals surface area (Å²) in [5, 5.41) is 6.43. The van der Waals surface area contributed by atoms with Gasteiger partial charge in [-0.05, 0) is 0 Å². The molecule has 0 saturated carbocycles. The third-order valence-electron chi connectivity index (χ3n) is 0.952. The Balaban J connectivity index is 2.88. The summed E-state index contributed by atoms with van der Waals surface area (Å²) >= 11 is -0.0768. The van der Waals surface area contributed by atoms with E-state index < -0.39 is 0 Å². The third-order valence-corrected chi connectivity index (χ3v) is 2.46. The van der Waals surface area contributed by atoms with Crippen molar-refractivity contribution in [2.75, 3.05) is 4.93 Å². The molecule has 0 amide bonds. The minimum atomic E-state index is -0.0834. The number of halogens is 1. The molecule has 0 saturated heterocycles. The topological polar surface area (TPSA) is 58.6 Å². The SMILES string of the molecule is C[I-]c1nc(C(C)=O)n[nH]1. The Bertz CT molecular complexity index is 245. The molecule has 0 unspecified atom stereocenters.